The Kier molecular flexibility index (Phi) is 23.5. The van der Waals surface area contributed by atoms with Crippen LogP contribution in [0.1, 0.15) is 143 Å². The van der Waals surface area contributed by atoms with Crippen LogP contribution in [0.5, 0.6) is 0 Å². The van der Waals surface area contributed by atoms with Gasteiger partial charge >= 0.3 is 5.97 Å². The number of unbranched alkanes of at least 4 members (excludes halogenated alkanes) is 10. The van der Waals surface area contributed by atoms with Crippen molar-refractivity contribution in [3.05, 3.63) is 0 Å². The number of Topliss-reactive ketones (excluding diaryl/α,β-unsaturated/α-hetero) is 3. The number of aliphatic hydroxyl groups is 9. The second kappa shape index (κ2) is 25.3. The molecule has 0 radical (unpaired) electrons. The third-order valence-electron chi connectivity index (χ3n) is 10.0. The van der Waals surface area contributed by atoms with Gasteiger partial charge in [0.2, 0.25) is 11.9 Å². The molecule has 0 bridgehead atoms. The van der Waals surface area contributed by atoms with Crippen LogP contribution in [0.2, 0.25) is 0 Å². The topological polar surface area (TPSA) is 278 Å². The molecule has 11 atom stereocenters. The van der Waals surface area contributed by atoms with Crippen molar-refractivity contribution in [3.63, 3.8) is 0 Å². The average Bonchev–Trinajstić information content (AvgIpc) is 3.15. The largest absolute Gasteiger partial charge is 0.453 e. The van der Waals surface area contributed by atoms with Crippen molar-refractivity contribution in [1.82, 2.24) is 0 Å². The van der Waals surface area contributed by atoms with E-state index in [-0.39, 0.29) is 25.7 Å². The molecule has 16 nitrogen and oxygen atoms in total. The molecule has 1 heterocycles. The van der Waals surface area contributed by atoms with Gasteiger partial charge in [0.05, 0.1) is 6.61 Å². The van der Waals surface area contributed by atoms with Crippen LogP contribution in [0.4, 0.5) is 0 Å². The summed E-state index contributed by atoms with van der Waals surface area (Å²) in [5, 5.41) is 97.9. The average molecular weight is 781 g/mol. The number of hydrogen-bond acceptors (Lipinski definition) is 16. The number of esters is 1. The van der Waals surface area contributed by atoms with Crippen molar-refractivity contribution in [2.75, 3.05) is 6.61 Å². The monoisotopic (exact) mass is 780 g/mol. The number of aliphatic hydroxyl groups excluding tert-OH is 7. The highest BCUT2D eigenvalue weighted by Gasteiger charge is 2.74. The fraction of sp³-hybridized carbons (Fsp3) is 0.895. The summed E-state index contributed by atoms with van der Waals surface area (Å²) < 4.78 is 16.9. The Labute approximate surface area is 318 Å². The van der Waals surface area contributed by atoms with Gasteiger partial charge in [0.25, 0.3) is 0 Å². The minimum absolute atomic E-state index is 0.143. The Hall–Kier alpha value is -1.96. The third kappa shape index (κ3) is 13.3. The lowest BCUT2D eigenvalue weighted by atomic mass is 9.64. The Morgan fingerprint density at radius 3 is 1.59 bits per heavy atom. The molecule has 1 aliphatic rings. The molecule has 316 valence electrons. The molecule has 0 amide bonds. The van der Waals surface area contributed by atoms with Crippen LogP contribution in [0, 0.1) is 0 Å². The maximum absolute atomic E-state index is 14.3. The molecular weight excluding hydrogens is 712 g/mol. The molecule has 1 aliphatic heterocycles. The van der Waals surface area contributed by atoms with Crippen molar-refractivity contribution >= 4 is 23.3 Å². The van der Waals surface area contributed by atoms with Gasteiger partial charge in [-0.05, 0) is 25.7 Å². The molecule has 16 heteroatoms. The molecule has 0 aromatic heterocycles. The first-order chi connectivity index (χ1) is 25.5. The lowest BCUT2D eigenvalue weighted by Crippen LogP contribution is -2.82. The number of carbonyl (C=O) groups is 4. The van der Waals surface area contributed by atoms with Crippen LogP contribution < -0.4 is 0 Å². The Morgan fingerprint density at radius 1 is 0.611 bits per heavy atom. The predicted molar refractivity (Wildman–Crippen MR) is 193 cm³/mol. The first kappa shape index (κ1) is 50.1. The molecule has 1 rings (SSSR count). The van der Waals surface area contributed by atoms with E-state index in [4.69, 9.17) is 14.2 Å². The van der Waals surface area contributed by atoms with Crippen LogP contribution in [0.3, 0.4) is 0 Å². The van der Waals surface area contributed by atoms with Gasteiger partial charge in [-0.1, -0.05) is 91.9 Å². The maximum atomic E-state index is 14.3. The highest BCUT2D eigenvalue weighted by Crippen LogP contribution is 2.45. The molecule has 54 heavy (non-hydrogen) atoms. The molecule has 1 fully saturated rings. The van der Waals surface area contributed by atoms with Gasteiger partial charge in [0, 0.05) is 25.7 Å². The molecule has 0 spiro atoms. The predicted octanol–water partition coefficient (Wildman–Crippen LogP) is 1.03. The van der Waals surface area contributed by atoms with E-state index in [0.29, 0.717) is 57.8 Å². The molecule has 0 aromatic rings. The fourth-order valence-electron chi connectivity index (χ4n) is 6.55. The number of carbonyl (C=O) groups excluding carboxylic acids is 4. The first-order valence-corrected chi connectivity index (χ1v) is 19.8. The van der Waals surface area contributed by atoms with Gasteiger partial charge in [-0.25, -0.2) is 0 Å². The number of ketones is 3. The van der Waals surface area contributed by atoms with Crippen molar-refractivity contribution in [2.45, 2.75) is 210 Å². The van der Waals surface area contributed by atoms with Crippen LogP contribution in [-0.2, 0) is 33.4 Å². The number of hydrogen-bond donors (Lipinski definition) is 9. The van der Waals surface area contributed by atoms with Gasteiger partial charge in [-0.15, -0.1) is 0 Å². The zero-order chi connectivity index (χ0) is 41.1. The molecule has 0 aliphatic carbocycles. The summed E-state index contributed by atoms with van der Waals surface area (Å²) >= 11 is 0. The lowest BCUT2D eigenvalue weighted by molar-refractivity contribution is -0.378. The van der Waals surface area contributed by atoms with E-state index in [2.05, 4.69) is 0 Å². The van der Waals surface area contributed by atoms with Gasteiger partial charge in [-0.3, -0.25) is 19.2 Å². The van der Waals surface area contributed by atoms with Gasteiger partial charge < -0.3 is 60.2 Å². The van der Waals surface area contributed by atoms with E-state index < -0.39 is 109 Å². The highest BCUT2D eigenvalue weighted by atomic mass is 16.8. The summed E-state index contributed by atoms with van der Waals surface area (Å²) in [6.07, 6.45) is -15.2. The maximum Gasteiger partial charge on any atom is 0.306 e. The van der Waals surface area contributed by atoms with Crippen LogP contribution >= 0.6 is 0 Å². The summed E-state index contributed by atoms with van der Waals surface area (Å²) in [7, 11) is 0. The lowest BCUT2D eigenvalue weighted by Gasteiger charge is -2.55. The second-order valence-electron chi connectivity index (χ2n) is 14.4. The summed E-state index contributed by atoms with van der Waals surface area (Å²) in [6, 6.07) is 0. The van der Waals surface area contributed by atoms with Crippen LogP contribution in [-0.4, -0.2) is 142 Å². The van der Waals surface area contributed by atoms with E-state index >= 15 is 0 Å². The minimum Gasteiger partial charge on any atom is -0.453 e. The van der Waals surface area contributed by atoms with Gasteiger partial charge in [0.1, 0.15) is 36.6 Å². The van der Waals surface area contributed by atoms with Crippen molar-refractivity contribution in [1.29, 1.82) is 0 Å². The van der Waals surface area contributed by atoms with Crippen molar-refractivity contribution < 1.29 is 79.3 Å². The number of ether oxygens (including phenoxy) is 3. The third-order valence-corrected chi connectivity index (χ3v) is 10.0. The van der Waals surface area contributed by atoms with Crippen LogP contribution in [0.25, 0.3) is 0 Å². The Bertz CT molecular complexity index is 1120. The zero-order valence-electron chi connectivity index (χ0n) is 32.5. The Morgan fingerprint density at radius 2 is 1.07 bits per heavy atom. The summed E-state index contributed by atoms with van der Waals surface area (Å²) in [5.41, 5.74) is -6.88. The normalized spacial score (nSPS) is 26.4. The molecule has 9 N–H and O–H groups in total. The van der Waals surface area contributed by atoms with Crippen LogP contribution in [0.15, 0.2) is 0 Å². The minimum atomic E-state index is -3.46. The van der Waals surface area contributed by atoms with E-state index in [9.17, 15) is 65.1 Å². The first-order valence-electron chi connectivity index (χ1n) is 19.8. The SMILES string of the molecule is CCCCCCCC(=O)O[C@@H]1[C@H](OC(O)[C@H](O)[C@@H](O)[C@H](O)[C@H](O)CO)O[C@H](C(O)C(=O)CCCCC)[C@](O)(C(=O)CCCCC)[C@@]1(O)C(=O)CCCCC. The fourth-order valence-corrected chi connectivity index (χ4v) is 6.55. The van der Waals surface area contributed by atoms with E-state index in [1.807, 2.05) is 27.7 Å². The van der Waals surface area contributed by atoms with Gasteiger partial charge in [0.15, 0.2) is 35.3 Å². The quantitative estimate of drug-likeness (QED) is 0.0280. The van der Waals surface area contributed by atoms with Crippen molar-refractivity contribution in [2.24, 2.45) is 0 Å². The molecule has 1 saturated heterocycles. The van der Waals surface area contributed by atoms with Gasteiger partial charge in [-0.2, -0.15) is 0 Å². The summed E-state index contributed by atoms with van der Waals surface area (Å²) in [4.78, 5) is 55.3. The number of rotatable bonds is 30. The molecule has 0 aromatic carbocycles. The molecule has 0 saturated carbocycles. The van der Waals surface area contributed by atoms with E-state index in [1.54, 1.807) is 0 Å². The smallest absolute Gasteiger partial charge is 0.306 e. The highest BCUT2D eigenvalue weighted by molar-refractivity contribution is 6.01. The van der Waals surface area contributed by atoms with Crippen molar-refractivity contribution in [3.8, 4) is 0 Å². The van der Waals surface area contributed by atoms with E-state index in [1.165, 1.54) is 0 Å². The second-order valence-corrected chi connectivity index (χ2v) is 14.4. The van der Waals surface area contributed by atoms with E-state index in [0.717, 1.165) is 19.3 Å². The summed E-state index contributed by atoms with van der Waals surface area (Å²) in [5.74, 6) is -4.36. The standard InChI is InChI=1S/C38H68O16/c1-5-9-13-14-18-22-28(44)52-34-36(54-35(49)32(48)31(47)29(45)25(41)23-39)53-33(30(46)24(40)19-15-10-6-2)37(50,26(42)20-16-11-7-3)38(34,51)27(43)21-17-12-8-4/h25,29-36,39,41,45-51H,5-23H2,1-4H3/t25-,29-,30?,31+,32-,33-,34-,35?,36+,37-,38-/m1/s1. The summed E-state index contributed by atoms with van der Waals surface area (Å²) in [6.45, 7) is 6.51. The molecule has 2 unspecified atom stereocenters. The Balaban J connectivity index is 3.98. The molecular formula is C38H68O16. The zero-order valence-corrected chi connectivity index (χ0v) is 32.5.